The quantitative estimate of drug-likeness (QED) is 0.608. The Hall–Kier alpha value is -2.00. The molecule has 1 atom stereocenters. The maximum absolute atomic E-state index is 12.9. The highest BCUT2D eigenvalue weighted by Gasteiger charge is 2.37. The Kier molecular flexibility index (Phi) is 5.87. The number of carbonyl (C=O) groups is 1. The lowest BCUT2D eigenvalue weighted by molar-refractivity contribution is -0.116. The van der Waals surface area contributed by atoms with Gasteiger partial charge in [-0.2, -0.15) is 4.98 Å². The van der Waals surface area contributed by atoms with Crippen molar-refractivity contribution in [2.75, 3.05) is 24.8 Å². The molecule has 0 bridgehead atoms. The second-order valence-corrected chi connectivity index (χ2v) is 8.84. The van der Waals surface area contributed by atoms with Crippen LogP contribution in [0.25, 0.3) is 0 Å². The van der Waals surface area contributed by atoms with Crippen LogP contribution in [0.1, 0.15) is 44.7 Å². The summed E-state index contributed by atoms with van der Waals surface area (Å²) >= 11 is 5.19. The van der Waals surface area contributed by atoms with Crippen molar-refractivity contribution in [3.05, 3.63) is 33.4 Å². The number of nitrogens with one attached hydrogen (secondary N) is 1. The molecule has 2 heterocycles. The van der Waals surface area contributed by atoms with Crippen molar-refractivity contribution in [1.29, 1.82) is 0 Å². The number of aromatic nitrogens is 3. The molecule has 7 nitrogen and oxygen atoms in total. The first-order chi connectivity index (χ1) is 14.1. The van der Waals surface area contributed by atoms with Gasteiger partial charge < -0.3 is 14.8 Å². The molecule has 0 amide bonds. The van der Waals surface area contributed by atoms with E-state index in [9.17, 15) is 4.79 Å². The van der Waals surface area contributed by atoms with Crippen LogP contribution in [-0.2, 0) is 4.79 Å². The van der Waals surface area contributed by atoms with Crippen LogP contribution in [0.2, 0.25) is 0 Å². The van der Waals surface area contributed by atoms with E-state index < -0.39 is 0 Å². The molecule has 1 aromatic heterocycles. The summed E-state index contributed by atoms with van der Waals surface area (Å²) in [6, 6.07) is 3.55. The molecule has 29 heavy (non-hydrogen) atoms. The number of ether oxygens (including phenoxy) is 2. The third-order valence-electron chi connectivity index (χ3n) is 4.98. The minimum absolute atomic E-state index is 0.151. The number of hydrogen-bond acceptors (Lipinski definition) is 7. The van der Waals surface area contributed by atoms with Crippen LogP contribution in [0.3, 0.4) is 0 Å². The molecule has 0 spiro atoms. The number of halogens is 1. The molecule has 1 aliphatic heterocycles. The Morgan fingerprint density at radius 1 is 1.34 bits per heavy atom. The number of thioether (sulfide) groups is 1. The smallest absolute Gasteiger partial charge is 0.227 e. The van der Waals surface area contributed by atoms with Crippen LogP contribution in [0.5, 0.6) is 11.5 Å². The van der Waals surface area contributed by atoms with E-state index in [1.807, 2.05) is 23.7 Å². The van der Waals surface area contributed by atoms with Crippen LogP contribution < -0.4 is 14.8 Å². The van der Waals surface area contributed by atoms with Gasteiger partial charge in [0.05, 0.1) is 18.2 Å². The van der Waals surface area contributed by atoms with Crippen LogP contribution in [-0.4, -0.2) is 40.0 Å². The van der Waals surface area contributed by atoms with Gasteiger partial charge in [-0.1, -0.05) is 18.7 Å². The number of nitrogens with zero attached hydrogens (tertiary/aromatic N) is 3. The van der Waals surface area contributed by atoms with Gasteiger partial charge in [0.15, 0.2) is 17.3 Å². The van der Waals surface area contributed by atoms with Crippen molar-refractivity contribution >= 4 is 39.4 Å². The first-order valence-electron chi connectivity index (χ1n) is 9.70. The van der Waals surface area contributed by atoms with E-state index in [0.717, 1.165) is 39.9 Å². The molecule has 154 valence electrons. The lowest BCUT2D eigenvalue weighted by Gasteiger charge is -2.32. The van der Waals surface area contributed by atoms with Gasteiger partial charge in [0, 0.05) is 17.7 Å². The predicted octanol–water partition coefficient (Wildman–Crippen LogP) is 4.58. The molecule has 0 saturated carbocycles. The maximum atomic E-state index is 12.9. The minimum Gasteiger partial charge on any atom is -0.493 e. The van der Waals surface area contributed by atoms with Gasteiger partial charge in [-0.15, -0.1) is 5.10 Å². The van der Waals surface area contributed by atoms with E-state index in [4.69, 9.17) is 14.6 Å². The van der Waals surface area contributed by atoms with Gasteiger partial charge in [-0.05, 0) is 59.1 Å². The average Bonchev–Trinajstić information content (AvgIpc) is 3.10. The summed E-state index contributed by atoms with van der Waals surface area (Å²) in [7, 11) is 1.61. The second-order valence-electron chi connectivity index (χ2n) is 6.76. The van der Waals surface area contributed by atoms with Crippen molar-refractivity contribution in [1.82, 2.24) is 14.8 Å². The Morgan fingerprint density at radius 2 is 2.17 bits per heavy atom. The molecule has 0 radical (unpaired) electrons. The van der Waals surface area contributed by atoms with Crippen molar-refractivity contribution in [2.45, 2.75) is 44.3 Å². The zero-order chi connectivity index (χ0) is 20.5. The molecule has 4 rings (SSSR count). The third-order valence-corrected chi connectivity index (χ3v) is 6.29. The van der Waals surface area contributed by atoms with Gasteiger partial charge in [-0.25, -0.2) is 4.68 Å². The summed E-state index contributed by atoms with van der Waals surface area (Å²) in [6.45, 7) is 4.52. The summed E-state index contributed by atoms with van der Waals surface area (Å²) < 4.78 is 13.9. The number of fused-ring (bicyclic) bond motifs is 1. The lowest BCUT2D eigenvalue weighted by Crippen LogP contribution is -2.31. The van der Waals surface area contributed by atoms with Gasteiger partial charge in [-0.3, -0.25) is 4.79 Å². The zero-order valence-corrected chi connectivity index (χ0v) is 19.0. The highest BCUT2D eigenvalue weighted by atomic mass is 79.9. The molecule has 2 aliphatic rings. The fourth-order valence-corrected chi connectivity index (χ4v) is 4.95. The zero-order valence-electron chi connectivity index (χ0n) is 16.6. The van der Waals surface area contributed by atoms with Crippen LogP contribution in [0.15, 0.2) is 33.0 Å². The Balaban J connectivity index is 1.89. The number of rotatable bonds is 6. The summed E-state index contributed by atoms with van der Waals surface area (Å²) in [4.78, 5) is 17.6. The van der Waals surface area contributed by atoms with E-state index in [1.165, 1.54) is 0 Å². The molecular formula is C20H23BrN4O3S. The number of anilines is 1. The summed E-state index contributed by atoms with van der Waals surface area (Å²) in [5.41, 5.74) is 2.61. The van der Waals surface area contributed by atoms with E-state index in [-0.39, 0.29) is 11.8 Å². The van der Waals surface area contributed by atoms with Crippen LogP contribution in [0, 0.1) is 0 Å². The maximum Gasteiger partial charge on any atom is 0.227 e. The highest BCUT2D eigenvalue weighted by molar-refractivity contribution is 9.10. The van der Waals surface area contributed by atoms with Crippen molar-refractivity contribution in [3.8, 4) is 11.5 Å². The van der Waals surface area contributed by atoms with Crippen molar-refractivity contribution < 1.29 is 14.3 Å². The average molecular weight is 479 g/mol. The number of benzene rings is 1. The fourth-order valence-electron chi connectivity index (χ4n) is 3.82. The van der Waals surface area contributed by atoms with E-state index in [2.05, 4.69) is 33.2 Å². The first-order valence-corrected chi connectivity index (χ1v) is 11.5. The van der Waals surface area contributed by atoms with Crippen molar-refractivity contribution in [3.63, 3.8) is 0 Å². The molecule has 1 N–H and O–H groups in total. The number of allylic oxidation sites excluding steroid dienone is 2. The summed E-state index contributed by atoms with van der Waals surface area (Å²) in [5.74, 6) is 2.97. The normalized spacial score (nSPS) is 18.2. The topological polar surface area (TPSA) is 78.3 Å². The number of methoxy groups -OCH3 is 1. The second kappa shape index (κ2) is 8.39. The highest BCUT2D eigenvalue weighted by Crippen LogP contribution is 2.45. The van der Waals surface area contributed by atoms with Crippen molar-refractivity contribution in [2.24, 2.45) is 0 Å². The monoisotopic (exact) mass is 478 g/mol. The van der Waals surface area contributed by atoms with E-state index in [0.29, 0.717) is 35.6 Å². The first kappa shape index (κ1) is 20.3. The van der Waals surface area contributed by atoms with E-state index in [1.54, 1.807) is 18.9 Å². The SMILES string of the molecule is CCOc1c(Br)cc(C2C3=C(CCCC3=O)Nc3nc(SCC)nn32)cc1OC. The molecule has 1 aromatic carbocycles. The van der Waals surface area contributed by atoms with E-state index >= 15 is 0 Å². The minimum atomic E-state index is -0.353. The number of Topliss-reactive ketones (excluding diaryl/α,β-unsaturated/α-hetero) is 1. The number of ketones is 1. The van der Waals surface area contributed by atoms with Gasteiger partial charge in [0.25, 0.3) is 0 Å². The largest absolute Gasteiger partial charge is 0.493 e. The molecule has 0 saturated heterocycles. The van der Waals surface area contributed by atoms with Crippen LogP contribution >= 0.6 is 27.7 Å². The number of hydrogen-bond donors (Lipinski definition) is 1. The Morgan fingerprint density at radius 3 is 2.90 bits per heavy atom. The molecule has 1 unspecified atom stereocenters. The standard InChI is InChI=1S/C20H23BrN4O3S/c1-4-28-18-12(21)9-11(10-15(18)27-3)17-16-13(7-6-8-14(16)26)22-19-23-20(29-5-2)24-25(17)19/h9-10,17H,4-8H2,1-3H3,(H,22,23,24). The molecule has 2 aromatic rings. The predicted molar refractivity (Wildman–Crippen MR) is 116 cm³/mol. The Labute approximate surface area is 182 Å². The third kappa shape index (κ3) is 3.66. The molecule has 0 fully saturated rings. The molecule has 1 aliphatic carbocycles. The Bertz CT molecular complexity index is 988. The van der Waals surface area contributed by atoms with Gasteiger partial charge in [0.2, 0.25) is 11.1 Å². The van der Waals surface area contributed by atoms with Gasteiger partial charge in [0.1, 0.15) is 6.04 Å². The summed E-state index contributed by atoms with van der Waals surface area (Å²) in [5, 5.41) is 8.75. The fraction of sp³-hybridized carbons (Fsp3) is 0.450. The van der Waals surface area contributed by atoms with Crippen LogP contribution in [0.4, 0.5) is 5.95 Å². The molecular weight excluding hydrogens is 456 g/mol. The lowest BCUT2D eigenvalue weighted by atomic mass is 9.85. The number of carbonyl (C=O) groups excluding carboxylic acids is 1. The molecule has 9 heteroatoms. The van der Waals surface area contributed by atoms with Gasteiger partial charge >= 0.3 is 0 Å². The summed E-state index contributed by atoms with van der Waals surface area (Å²) in [6.07, 6.45) is 2.22.